The van der Waals surface area contributed by atoms with Crippen molar-refractivity contribution >= 4 is 10.0 Å². The van der Waals surface area contributed by atoms with Crippen molar-refractivity contribution in [1.29, 1.82) is 0 Å². The van der Waals surface area contributed by atoms with Gasteiger partial charge < -0.3 is 10.5 Å². The van der Waals surface area contributed by atoms with E-state index in [0.717, 1.165) is 0 Å². The number of ether oxygens (including phenoxy) is 1. The molecule has 8 heteroatoms. The van der Waals surface area contributed by atoms with Gasteiger partial charge in [0.25, 0.3) is 5.92 Å². The third-order valence-corrected chi connectivity index (χ3v) is 3.62. The molecule has 0 amide bonds. The van der Waals surface area contributed by atoms with Crippen LogP contribution in [0.1, 0.15) is 0 Å². The Bertz CT molecular complexity index is 506. The number of rotatable bonds is 6. The molecule has 5 nitrogen and oxygen atoms in total. The molecule has 0 saturated carbocycles. The lowest BCUT2D eigenvalue weighted by Crippen LogP contribution is -2.41. The van der Waals surface area contributed by atoms with Gasteiger partial charge in [-0.25, -0.2) is 21.9 Å². The van der Waals surface area contributed by atoms with Crippen molar-refractivity contribution in [2.45, 2.75) is 10.8 Å². The molecule has 0 atom stereocenters. The van der Waals surface area contributed by atoms with Crippen molar-refractivity contribution in [1.82, 2.24) is 4.72 Å². The zero-order valence-electron chi connectivity index (χ0n) is 9.69. The van der Waals surface area contributed by atoms with Crippen LogP contribution in [0.5, 0.6) is 5.75 Å². The van der Waals surface area contributed by atoms with Crippen molar-refractivity contribution in [2.75, 3.05) is 20.2 Å². The van der Waals surface area contributed by atoms with Crippen LogP contribution in [0.3, 0.4) is 0 Å². The maximum Gasteiger partial charge on any atom is 0.273 e. The van der Waals surface area contributed by atoms with Gasteiger partial charge in [0.15, 0.2) is 0 Å². The van der Waals surface area contributed by atoms with Crippen LogP contribution in [0.2, 0.25) is 0 Å². The van der Waals surface area contributed by atoms with E-state index in [1.54, 1.807) is 10.8 Å². The first kappa shape index (κ1) is 14.8. The Morgan fingerprint density at radius 1 is 1.39 bits per heavy atom. The summed E-state index contributed by atoms with van der Waals surface area (Å²) in [4.78, 5) is -0.194. The van der Waals surface area contributed by atoms with Crippen LogP contribution >= 0.6 is 0 Å². The second kappa shape index (κ2) is 5.59. The Balaban J connectivity index is 2.94. The molecular formula is C10H14F2N2O3S. The topological polar surface area (TPSA) is 81.4 Å². The van der Waals surface area contributed by atoms with Crippen LogP contribution in [0.4, 0.5) is 8.78 Å². The summed E-state index contributed by atoms with van der Waals surface area (Å²) >= 11 is 0. The third kappa shape index (κ3) is 3.62. The SMILES string of the molecule is COc1ccccc1S(=O)(=O)NCC(F)(F)CN. The summed E-state index contributed by atoms with van der Waals surface area (Å²) in [6.45, 7) is -1.98. The fourth-order valence-corrected chi connectivity index (χ4v) is 2.42. The minimum absolute atomic E-state index is 0.0843. The second-order valence-electron chi connectivity index (χ2n) is 3.54. The molecule has 0 saturated heterocycles. The highest BCUT2D eigenvalue weighted by molar-refractivity contribution is 7.89. The lowest BCUT2D eigenvalue weighted by atomic mass is 10.3. The largest absolute Gasteiger partial charge is 0.495 e. The van der Waals surface area contributed by atoms with Crippen molar-refractivity contribution in [3.63, 3.8) is 0 Å². The van der Waals surface area contributed by atoms with Crippen LogP contribution < -0.4 is 15.2 Å². The van der Waals surface area contributed by atoms with E-state index in [2.05, 4.69) is 0 Å². The van der Waals surface area contributed by atoms with Gasteiger partial charge in [-0.3, -0.25) is 0 Å². The van der Waals surface area contributed by atoms with Crippen molar-refractivity contribution < 1.29 is 21.9 Å². The van der Waals surface area contributed by atoms with E-state index in [4.69, 9.17) is 10.5 Å². The number of nitrogens with one attached hydrogen (secondary N) is 1. The van der Waals surface area contributed by atoms with E-state index in [9.17, 15) is 17.2 Å². The Labute approximate surface area is 104 Å². The summed E-state index contributed by atoms with van der Waals surface area (Å²) in [6, 6.07) is 5.74. The molecule has 0 unspecified atom stereocenters. The fourth-order valence-electron chi connectivity index (χ4n) is 1.19. The van der Waals surface area contributed by atoms with Crippen LogP contribution in [0, 0.1) is 0 Å². The molecule has 0 aromatic heterocycles. The zero-order chi connectivity index (χ0) is 13.8. The maximum atomic E-state index is 12.9. The van der Waals surface area contributed by atoms with Crippen LogP contribution in [0.25, 0.3) is 0 Å². The maximum absolute atomic E-state index is 12.9. The van der Waals surface area contributed by atoms with E-state index in [1.807, 2.05) is 0 Å². The minimum Gasteiger partial charge on any atom is -0.495 e. The average Bonchev–Trinajstić information content (AvgIpc) is 2.37. The predicted octanol–water partition coefficient (Wildman–Crippen LogP) is 0.568. The summed E-state index contributed by atoms with van der Waals surface area (Å²) < 4.78 is 56.1. The van der Waals surface area contributed by atoms with Crippen molar-refractivity contribution in [3.8, 4) is 5.75 Å². The van der Waals surface area contributed by atoms with Crippen LogP contribution in [-0.2, 0) is 10.0 Å². The molecule has 1 aromatic rings. The molecule has 0 aliphatic rings. The monoisotopic (exact) mass is 280 g/mol. The summed E-state index contributed by atoms with van der Waals surface area (Å²) in [5, 5.41) is 0. The molecule has 0 bridgehead atoms. The van der Waals surface area contributed by atoms with Crippen LogP contribution in [0.15, 0.2) is 29.2 Å². The highest BCUT2D eigenvalue weighted by atomic mass is 32.2. The molecule has 1 rings (SSSR count). The number of benzene rings is 1. The lowest BCUT2D eigenvalue weighted by Gasteiger charge is -2.15. The van der Waals surface area contributed by atoms with Gasteiger partial charge >= 0.3 is 0 Å². The summed E-state index contributed by atoms with van der Waals surface area (Å²) in [7, 11) is -2.76. The molecule has 0 aliphatic carbocycles. The molecule has 0 heterocycles. The molecule has 0 fully saturated rings. The highest BCUT2D eigenvalue weighted by Crippen LogP contribution is 2.23. The van der Waals surface area contributed by atoms with E-state index in [0.29, 0.717) is 0 Å². The van der Waals surface area contributed by atoms with Gasteiger partial charge in [-0.2, -0.15) is 0 Å². The number of methoxy groups -OCH3 is 1. The summed E-state index contributed by atoms with van der Waals surface area (Å²) in [5.41, 5.74) is 4.82. The Morgan fingerprint density at radius 3 is 2.56 bits per heavy atom. The van der Waals surface area contributed by atoms with Gasteiger partial charge in [0, 0.05) is 0 Å². The standard InChI is InChI=1S/C10H14F2N2O3S/c1-17-8-4-2-3-5-9(8)18(15,16)14-7-10(11,12)6-13/h2-5,14H,6-7,13H2,1H3. The Kier molecular flexibility index (Phi) is 4.60. The van der Waals surface area contributed by atoms with Gasteiger partial charge in [0.1, 0.15) is 10.6 Å². The summed E-state index contributed by atoms with van der Waals surface area (Å²) in [5.74, 6) is -3.20. The molecule has 3 N–H and O–H groups in total. The predicted molar refractivity (Wildman–Crippen MR) is 62.2 cm³/mol. The van der Waals surface area contributed by atoms with Crippen molar-refractivity contribution in [2.24, 2.45) is 5.73 Å². The van der Waals surface area contributed by atoms with E-state index in [1.165, 1.54) is 25.3 Å². The number of nitrogens with two attached hydrogens (primary N) is 1. The van der Waals surface area contributed by atoms with Gasteiger partial charge in [-0.1, -0.05) is 12.1 Å². The Hall–Kier alpha value is -1.25. The highest BCUT2D eigenvalue weighted by Gasteiger charge is 2.30. The first-order valence-corrected chi connectivity index (χ1v) is 6.51. The Morgan fingerprint density at radius 2 is 2.00 bits per heavy atom. The van der Waals surface area contributed by atoms with E-state index >= 15 is 0 Å². The first-order valence-electron chi connectivity index (χ1n) is 5.03. The normalized spacial score (nSPS) is 12.4. The van der Waals surface area contributed by atoms with E-state index < -0.39 is 29.0 Å². The zero-order valence-corrected chi connectivity index (χ0v) is 10.5. The van der Waals surface area contributed by atoms with Gasteiger partial charge in [-0.15, -0.1) is 0 Å². The fraction of sp³-hybridized carbons (Fsp3) is 0.400. The number of alkyl halides is 2. The first-order chi connectivity index (χ1) is 8.32. The number of para-hydroxylation sites is 1. The van der Waals surface area contributed by atoms with E-state index in [-0.39, 0.29) is 10.6 Å². The molecule has 0 radical (unpaired) electrons. The van der Waals surface area contributed by atoms with Gasteiger partial charge in [0.05, 0.1) is 20.2 Å². The molecule has 0 spiro atoms. The molecular weight excluding hydrogens is 266 g/mol. The van der Waals surface area contributed by atoms with Crippen LogP contribution in [-0.4, -0.2) is 34.5 Å². The molecule has 0 aliphatic heterocycles. The second-order valence-corrected chi connectivity index (χ2v) is 5.27. The third-order valence-electron chi connectivity index (χ3n) is 2.18. The minimum atomic E-state index is -4.06. The summed E-state index contributed by atoms with van der Waals surface area (Å²) in [6.07, 6.45) is 0. The quantitative estimate of drug-likeness (QED) is 0.798. The molecule has 102 valence electrons. The molecule has 1 aromatic carbocycles. The number of hydrogen-bond acceptors (Lipinski definition) is 4. The van der Waals surface area contributed by atoms with Gasteiger partial charge in [-0.05, 0) is 12.1 Å². The average molecular weight is 280 g/mol. The van der Waals surface area contributed by atoms with Gasteiger partial charge in [0.2, 0.25) is 10.0 Å². The lowest BCUT2D eigenvalue weighted by molar-refractivity contribution is 0.0170. The number of hydrogen-bond donors (Lipinski definition) is 2. The smallest absolute Gasteiger partial charge is 0.273 e. The number of halogens is 2. The van der Waals surface area contributed by atoms with Crippen molar-refractivity contribution in [3.05, 3.63) is 24.3 Å². The number of sulfonamides is 1. The molecule has 18 heavy (non-hydrogen) atoms.